The molecule has 0 aliphatic carbocycles. The summed E-state index contributed by atoms with van der Waals surface area (Å²) in [4.78, 5) is 40.9. The van der Waals surface area contributed by atoms with Gasteiger partial charge in [-0.05, 0) is 23.6 Å². The predicted molar refractivity (Wildman–Crippen MR) is 116 cm³/mol. The summed E-state index contributed by atoms with van der Waals surface area (Å²) in [5.41, 5.74) is 6.51. The van der Waals surface area contributed by atoms with Crippen LogP contribution in [-0.2, 0) is 17.8 Å². The fraction of sp³-hybridized carbons (Fsp3) is 0.227. The van der Waals surface area contributed by atoms with Gasteiger partial charge in [0.2, 0.25) is 5.91 Å². The van der Waals surface area contributed by atoms with Crippen LogP contribution in [0.2, 0.25) is 0 Å². The average Bonchev–Trinajstić information content (AvgIpc) is 2.75. The molecule has 1 heterocycles. The van der Waals surface area contributed by atoms with Crippen LogP contribution in [0.25, 0.3) is 0 Å². The Labute approximate surface area is 173 Å². The Morgan fingerprint density at radius 2 is 1.77 bits per heavy atom. The van der Waals surface area contributed by atoms with E-state index >= 15 is 0 Å². The highest BCUT2D eigenvalue weighted by Crippen LogP contribution is 2.21. The molecule has 3 N–H and O–H groups in total. The Kier molecular flexibility index (Phi) is 6.36. The van der Waals surface area contributed by atoms with E-state index in [-0.39, 0.29) is 30.4 Å². The van der Waals surface area contributed by atoms with E-state index in [0.717, 1.165) is 11.1 Å². The highest BCUT2D eigenvalue weighted by Gasteiger charge is 2.21. The lowest BCUT2D eigenvalue weighted by molar-refractivity contribution is -0.118. The van der Waals surface area contributed by atoms with Crippen molar-refractivity contribution in [1.82, 2.24) is 9.55 Å². The molecule has 0 saturated heterocycles. The monoisotopic (exact) mass is 408 g/mol. The first kappa shape index (κ1) is 20.9. The number of nitrogens with zero attached hydrogens (tertiary/aromatic N) is 2. The van der Waals surface area contributed by atoms with Crippen molar-refractivity contribution in [1.29, 1.82) is 0 Å². The maximum absolute atomic E-state index is 12.8. The van der Waals surface area contributed by atoms with Crippen molar-refractivity contribution in [3.63, 3.8) is 0 Å². The summed E-state index contributed by atoms with van der Waals surface area (Å²) in [5.74, 6) is 0.338. The highest BCUT2D eigenvalue weighted by molar-refractivity contribution is 5.95. The van der Waals surface area contributed by atoms with Crippen LogP contribution in [-0.4, -0.2) is 29.6 Å². The average molecular weight is 408 g/mol. The number of aryl methyl sites for hydroxylation is 1. The molecule has 0 radical (unpaired) electrons. The van der Waals surface area contributed by atoms with E-state index in [2.05, 4.69) is 4.98 Å². The van der Waals surface area contributed by atoms with Crippen LogP contribution >= 0.6 is 0 Å². The van der Waals surface area contributed by atoms with Gasteiger partial charge in [-0.25, -0.2) is 4.79 Å². The number of carbonyl (C=O) groups excluding carboxylic acids is 1. The summed E-state index contributed by atoms with van der Waals surface area (Å²) < 4.78 is 6.55. The van der Waals surface area contributed by atoms with Crippen molar-refractivity contribution < 1.29 is 9.53 Å². The minimum absolute atomic E-state index is 0.0458. The van der Waals surface area contributed by atoms with Crippen LogP contribution in [0.5, 0.6) is 5.75 Å². The van der Waals surface area contributed by atoms with Crippen LogP contribution in [0.4, 0.5) is 11.5 Å². The van der Waals surface area contributed by atoms with Crippen LogP contribution in [0, 0.1) is 0 Å². The molecule has 1 aromatic heterocycles. The number of ether oxygens (including phenoxy) is 1. The maximum atomic E-state index is 12.8. The molecule has 156 valence electrons. The third-order valence-corrected chi connectivity index (χ3v) is 4.91. The Bertz CT molecular complexity index is 1150. The first-order chi connectivity index (χ1) is 14.4. The maximum Gasteiger partial charge on any atom is 0.330 e. The van der Waals surface area contributed by atoms with Crippen molar-refractivity contribution in [2.75, 3.05) is 24.8 Å². The second kappa shape index (κ2) is 9.13. The molecule has 30 heavy (non-hydrogen) atoms. The number of nitrogens with two attached hydrogens (primary N) is 1. The van der Waals surface area contributed by atoms with E-state index in [4.69, 9.17) is 10.5 Å². The van der Waals surface area contributed by atoms with Crippen LogP contribution in [0.3, 0.4) is 0 Å². The van der Waals surface area contributed by atoms with Gasteiger partial charge in [-0.2, -0.15) is 0 Å². The summed E-state index contributed by atoms with van der Waals surface area (Å²) in [6, 6.07) is 16.7. The van der Waals surface area contributed by atoms with Gasteiger partial charge in [-0.15, -0.1) is 0 Å². The third kappa shape index (κ3) is 4.43. The molecule has 0 atom stereocenters. The van der Waals surface area contributed by atoms with Gasteiger partial charge in [0, 0.05) is 13.5 Å². The number of nitrogen functional groups attached to an aromatic ring is 1. The Morgan fingerprint density at radius 3 is 2.47 bits per heavy atom. The molecule has 2 aromatic carbocycles. The van der Waals surface area contributed by atoms with Crippen LogP contribution in [0.1, 0.15) is 17.5 Å². The SMILES string of the molecule is COc1ccccc1CCC(=O)N(C)c1c(N)n(Cc2ccccc2)c(=O)[nH]c1=O. The van der Waals surface area contributed by atoms with E-state index in [1.54, 1.807) is 7.11 Å². The number of amides is 1. The quantitative estimate of drug-likeness (QED) is 0.619. The first-order valence-electron chi connectivity index (χ1n) is 9.47. The molecular weight excluding hydrogens is 384 g/mol. The number of benzene rings is 2. The lowest BCUT2D eigenvalue weighted by atomic mass is 10.1. The molecule has 0 fully saturated rings. The predicted octanol–water partition coefficient (Wildman–Crippen LogP) is 1.77. The van der Waals surface area contributed by atoms with Gasteiger partial charge < -0.3 is 15.4 Å². The first-order valence-corrected chi connectivity index (χ1v) is 9.47. The number of rotatable bonds is 7. The molecule has 1 amide bonds. The fourth-order valence-corrected chi connectivity index (χ4v) is 3.27. The highest BCUT2D eigenvalue weighted by atomic mass is 16.5. The van der Waals surface area contributed by atoms with Crippen LogP contribution < -0.4 is 26.6 Å². The lowest BCUT2D eigenvalue weighted by Crippen LogP contribution is -2.39. The van der Waals surface area contributed by atoms with Gasteiger partial charge in [0.15, 0.2) is 5.69 Å². The van der Waals surface area contributed by atoms with Gasteiger partial charge in [0.05, 0.1) is 13.7 Å². The molecule has 0 saturated carbocycles. The van der Waals surface area contributed by atoms with Crippen molar-refractivity contribution in [2.24, 2.45) is 0 Å². The van der Waals surface area contributed by atoms with E-state index < -0.39 is 11.2 Å². The summed E-state index contributed by atoms with van der Waals surface area (Å²) in [5, 5.41) is 0. The molecule has 0 bridgehead atoms. The number of carbonyl (C=O) groups is 1. The number of H-pyrrole nitrogens is 1. The van der Waals surface area contributed by atoms with E-state index in [1.165, 1.54) is 16.5 Å². The van der Waals surface area contributed by atoms with E-state index in [1.807, 2.05) is 54.6 Å². The van der Waals surface area contributed by atoms with Gasteiger partial charge in [-0.3, -0.25) is 19.1 Å². The number of aromatic amines is 1. The Hall–Kier alpha value is -3.81. The zero-order valence-electron chi connectivity index (χ0n) is 16.9. The van der Waals surface area contributed by atoms with Crippen molar-refractivity contribution in [2.45, 2.75) is 19.4 Å². The molecule has 3 rings (SSSR count). The standard InChI is InChI=1S/C22H24N4O4/c1-25(18(27)13-12-16-10-6-7-11-17(16)30-2)19-20(23)26(22(29)24-21(19)28)14-15-8-4-3-5-9-15/h3-11H,12-14,23H2,1-2H3,(H,24,28,29). The number of para-hydroxylation sites is 1. The zero-order valence-corrected chi connectivity index (χ0v) is 16.9. The summed E-state index contributed by atoms with van der Waals surface area (Å²) >= 11 is 0. The zero-order chi connectivity index (χ0) is 21.7. The number of methoxy groups -OCH3 is 1. The summed E-state index contributed by atoms with van der Waals surface area (Å²) in [6.07, 6.45) is 0.586. The third-order valence-electron chi connectivity index (χ3n) is 4.91. The largest absolute Gasteiger partial charge is 0.496 e. The summed E-state index contributed by atoms with van der Waals surface area (Å²) in [6.45, 7) is 0.179. The second-order valence-electron chi connectivity index (χ2n) is 6.83. The fourth-order valence-electron chi connectivity index (χ4n) is 3.27. The van der Waals surface area contributed by atoms with Crippen molar-refractivity contribution in [3.8, 4) is 5.75 Å². The Balaban J connectivity index is 1.85. The van der Waals surface area contributed by atoms with E-state index in [0.29, 0.717) is 12.2 Å². The Morgan fingerprint density at radius 1 is 1.10 bits per heavy atom. The van der Waals surface area contributed by atoms with Gasteiger partial charge in [0.25, 0.3) is 5.56 Å². The molecule has 3 aromatic rings. The van der Waals surface area contributed by atoms with Crippen LogP contribution in [0.15, 0.2) is 64.2 Å². The molecule has 0 unspecified atom stereocenters. The topological polar surface area (TPSA) is 110 Å². The molecular formula is C22H24N4O4. The normalized spacial score (nSPS) is 10.6. The number of nitrogens with one attached hydrogen (secondary N) is 1. The van der Waals surface area contributed by atoms with Gasteiger partial charge >= 0.3 is 5.69 Å². The summed E-state index contributed by atoms with van der Waals surface area (Å²) in [7, 11) is 3.05. The lowest BCUT2D eigenvalue weighted by Gasteiger charge is -2.20. The van der Waals surface area contributed by atoms with Crippen molar-refractivity contribution in [3.05, 3.63) is 86.6 Å². The molecule has 0 aliphatic heterocycles. The molecule has 8 nitrogen and oxygen atoms in total. The minimum Gasteiger partial charge on any atom is -0.496 e. The van der Waals surface area contributed by atoms with Crippen molar-refractivity contribution >= 4 is 17.4 Å². The smallest absolute Gasteiger partial charge is 0.330 e. The number of anilines is 2. The molecule has 0 spiro atoms. The van der Waals surface area contributed by atoms with Gasteiger partial charge in [0.1, 0.15) is 11.6 Å². The number of hydrogen-bond acceptors (Lipinski definition) is 5. The number of hydrogen-bond donors (Lipinski definition) is 2. The molecule has 0 aliphatic rings. The second-order valence-corrected chi connectivity index (χ2v) is 6.83. The van der Waals surface area contributed by atoms with Gasteiger partial charge in [-0.1, -0.05) is 48.5 Å². The molecule has 8 heteroatoms. The minimum atomic E-state index is -0.699. The van der Waals surface area contributed by atoms with E-state index in [9.17, 15) is 14.4 Å². The number of aromatic nitrogens is 2.